The van der Waals surface area contributed by atoms with Gasteiger partial charge in [-0.2, -0.15) is 0 Å². The summed E-state index contributed by atoms with van der Waals surface area (Å²) in [7, 11) is 0. The predicted molar refractivity (Wildman–Crippen MR) is 72.0 cm³/mol. The van der Waals surface area contributed by atoms with Crippen LogP contribution in [0.2, 0.25) is 0 Å². The molecule has 1 aromatic heterocycles. The molecule has 0 aliphatic heterocycles. The summed E-state index contributed by atoms with van der Waals surface area (Å²) in [4.78, 5) is 12.7. The van der Waals surface area contributed by atoms with Crippen molar-refractivity contribution in [2.24, 2.45) is 0 Å². The maximum Gasteiger partial charge on any atom is 0.338 e. The van der Waals surface area contributed by atoms with Crippen LogP contribution in [0.25, 0.3) is 0 Å². The molecule has 0 radical (unpaired) electrons. The molecule has 17 heavy (non-hydrogen) atoms. The quantitative estimate of drug-likeness (QED) is 0.697. The van der Waals surface area contributed by atoms with Crippen LogP contribution in [-0.2, 0) is 11.3 Å². The second-order valence-corrected chi connectivity index (χ2v) is 5.34. The first kappa shape index (κ1) is 12.1. The number of thiophene rings is 1. The average molecular weight is 312 g/mol. The van der Waals surface area contributed by atoms with Crippen LogP contribution in [0.15, 0.2) is 40.2 Å². The molecule has 0 atom stereocenters. The van der Waals surface area contributed by atoms with E-state index in [9.17, 15) is 4.79 Å². The number of nitrogen functional groups attached to an aromatic ring is 1. The second-order valence-electron chi connectivity index (χ2n) is 3.43. The highest BCUT2D eigenvalue weighted by Crippen LogP contribution is 2.20. The Morgan fingerprint density at radius 2 is 2.06 bits per heavy atom. The lowest BCUT2D eigenvalue weighted by molar-refractivity contribution is 0.0477. The van der Waals surface area contributed by atoms with E-state index in [0.29, 0.717) is 17.9 Å². The van der Waals surface area contributed by atoms with Gasteiger partial charge in [0.25, 0.3) is 0 Å². The summed E-state index contributed by atoms with van der Waals surface area (Å²) in [6.45, 7) is 0.291. The van der Waals surface area contributed by atoms with E-state index in [4.69, 9.17) is 10.5 Å². The number of benzene rings is 1. The Labute approximate surface area is 111 Å². The molecule has 0 aliphatic rings. The molecule has 0 saturated heterocycles. The highest BCUT2D eigenvalue weighted by molar-refractivity contribution is 9.10. The topological polar surface area (TPSA) is 52.3 Å². The zero-order valence-corrected chi connectivity index (χ0v) is 11.3. The number of carbonyl (C=O) groups excluding carboxylic acids is 1. The molecule has 1 heterocycles. The van der Waals surface area contributed by atoms with Crippen molar-refractivity contribution in [2.45, 2.75) is 6.61 Å². The van der Waals surface area contributed by atoms with Crippen LogP contribution in [0.3, 0.4) is 0 Å². The lowest BCUT2D eigenvalue weighted by Gasteiger charge is -2.03. The van der Waals surface area contributed by atoms with Crippen LogP contribution in [0, 0.1) is 0 Å². The van der Waals surface area contributed by atoms with E-state index in [1.807, 2.05) is 11.4 Å². The normalized spacial score (nSPS) is 10.2. The first-order valence-electron chi connectivity index (χ1n) is 4.91. The van der Waals surface area contributed by atoms with Crippen molar-refractivity contribution in [1.82, 2.24) is 0 Å². The molecule has 5 heteroatoms. The molecule has 0 amide bonds. The maximum absolute atomic E-state index is 11.7. The van der Waals surface area contributed by atoms with Crippen LogP contribution in [0.5, 0.6) is 0 Å². The molecule has 0 bridgehead atoms. The Kier molecular flexibility index (Phi) is 3.81. The van der Waals surface area contributed by atoms with E-state index >= 15 is 0 Å². The summed E-state index contributed by atoms with van der Waals surface area (Å²) in [6, 6.07) is 8.60. The number of rotatable bonds is 3. The van der Waals surface area contributed by atoms with Crippen LogP contribution in [0.4, 0.5) is 5.69 Å². The zero-order chi connectivity index (χ0) is 12.3. The standard InChI is InChI=1S/C12H10BrNO2S/c13-9-5-11(17-7-9)6-16-12(15)8-1-3-10(14)4-2-8/h1-5,7H,6,14H2. The van der Waals surface area contributed by atoms with E-state index in [2.05, 4.69) is 15.9 Å². The SMILES string of the molecule is Nc1ccc(C(=O)OCc2cc(Br)cs2)cc1. The van der Waals surface area contributed by atoms with Gasteiger partial charge in [0, 0.05) is 20.4 Å². The van der Waals surface area contributed by atoms with Gasteiger partial charge >= 0.3 is 5.97 Å². The van der Waals surface area contributed by atoms with Gasteiger partial charge in [-0.1, -0.05) is 0 Å². The molecule has 0 saturated carbocycles. The van der Waals surface area contributed by atoms with Gasteiger partial charge in [0.15, 0.2) is 0 Å². The number of halogens is 1. The number of nitrogens with two attached hydrogens (primary N) is 1. The predicted octanol–water partition coefficient (Wildman–Crippen LogP) is 3.45. The molecule has 2 N–H and O–H groups in total. The van der Waals surface area contributed by atoms with E-state index in [0.717, 1.165) is 9.35 Å². The van der Waals surface area contributed by atoms with Gasteiger partial charge in [0.1, 0.15) is 6.61 Å². The first-order chi connectivity index (χ1) is 8.15. The summed E-state index contributed by atoms with van der Waals surface area (Å²) in [5, 5.41) is 1.95. The van der Waals surface area contributed by atoms with Gasteiger partial charge in [0.05, 0.1) is 5.56 Å². The first-order valence-corrected chi connectivity index (χ1v) is 6.58. The van der Waals surface area contributed by atoms with Gasteiger partial charge in [0.2, 0.25) is 0 Å². The van der Waals surface area contributed by atoms with Crippen molar-refractivity contribution in [1.29, 1.82) is 0 Å². The third-order valence-electron chi connectivity index (χ3n) is 2.11. The van der Waals surface area contributed by atoms with Crippen LogP contribution in [-0.4, -0.2) is 5.97 Å². The maximum atomic E-state index is 11.7. The third-order valence-corrected chi connectivity index (χ3v) is 3.78. The molecule has 3 nitrogen and oxygen atoms in total. The number of carbonyl (C=O) groups is 1. The molecular formula is C12H10BrNO2S. The smallest absolute Gasteiger partial charge is 0.338 e. The van der Waals surface area contributed by atoms with Crippen molar-refractivity contribution < 1.29 is 9.53 Å². The molecule has 0 unspecified atom stereocenters. The fourth-order valence-corrected chi connectivity index (χ4v) is 2.63. The van der Waals surface area contributed by atoms with Crippen molar-refractivity contribution in [3.05, 3.63) is 50.6 Å². The Balaban J connectivity index is 1.95. The third kappa shape index (κ3) is 3.31. The molecular weight excluding hydrogens is 302 g/mol. The fourth-order valence-electron chi connectivity index (χ4n) is 1.27. The second kappa shape index (κ2) is 5.33. The van der Waals surface area contributed by atoms with Crippen LogP contribution in [0.1, 0.15) is 15.2 Å². The van der Waals surface area contributed by atoms with E-state index in [1.165, 1.54) is 0 Å². The van der Waals surface area contributed by atoms with Gasteiger partial charge in [-0.25, -0.2) is 4.79 Å². The summed E-state index contributed by atoms with van der Waals surface area (Å²) >= 11 is 4.89. The molecule has 88 valence electrons. The van der Waals surface area contributed by atoms with Crippen molar-refractivity contribution >= 4 is 38.9 Å². The minimum Gasteiger partial charge on any atom is -0.456 e. The Morgan fingerprint density at radius 3 is 2.65 bits per heavy atom. The van der Waals surface area contributed by atoms with E-state index in [-0.39, 0.29) is 5.97 Å². The van der Waals surface area contributed by atoms with Crippen molar-refractivity contribution in [3.63, 3.8) is 0 Å². The molecule has 0 aliphatic carbocycles. The Bertz CT molecular complexity index is 522. The molecule has 0 spiro atoms. The van der Waals surface area contributed by atoms with Gasteiger partial charge < -0.3 is 10.5 Å². The van der Waals surface area contributed by atoms with Gasteiger partial charge in [-0.3, -0.25) is 0 Å². The highest BCUT2D eigenvalue weighted by atomic mass is 79.9. The zero-order valence-electron chi connectivity index (χ0n) is 8.85. The summed E-state index contributed by atoms with van der Waals surface area (Å²) < 4.78 is 6.18. The number of ether oxygens (including phenoxy) is 1. The minimum atomic E-state index is -0.338. The van der Waals surface area contributed by atoms with E-state index < -0.39 is 0 Å². The number of esters is 1. The highest BCUT2D eigenvalue weighted by Gasteiger charge is 2.07. The van der Waals surface area contributed by atoms with Gasteiger partial charge in [-0.05, 0) is 46.3 Å². The van der Waals surface area contributed by atoms with Crippen LogP contribution < -0.4 is 5.73 Å². The monoisotopic (exact) mass is 311 g/mol. The average Bonchev–Trinajstić information content (AvgIpc) is 2.73. The Hall–Kier alpha value is -1.33. The minimum absolute atomic E-state index is 0.291. The molecule has 0 fully saturated rings. The molecule has 1 aromatic carbocycles. The summed E-state index contributed by atoms with van der Waals surface area (Å²) in [5.74, 6) is -0.338. The van der Waals surface area contributed by atoms with Gasteiger partial charge in [-0.15, -0.1) is 11.3 Å². The van der Waals surface area contributed by atoms with E-state index in [1.54, 1.807) is 35.6 Å². The summed E-state index contributed by atoms with van der Waals surface area (Å²) in [6.07, 6.45) is 0. The number of hydrogen-bond donors (Lipinski definition) is 1. The molecule has 2 rings (SSSR count). The number of anilines is 1. The van der Waals surface area contributed by atoms with Crippen LogP contribution >= 0.6 is 27.3 Å². The van der Waals surface area contributed by atoms with Crippen molar-refractivity contribution in [3.8, 4) is 0 Å². The fraction of sp³-hybridized carbons (Fsp3) is 0.0833. The lowest BCUT2D eigenvalue weighted by atomic mass is 10.2. The number of hydrogen-bond acceptors (Lipinski definition) is 4. The Morgan fingerprint density at radius 1 is 1.35 bits per heavy atom. The summed E-state index contributed by atoms with van der Waals surface area (Å²) in [5.41, 5.74) is 6.68. The largest absolute Gasteiger partial charge is 0.456 e. The van der Waals surface area contributed by atoms with Crippen molar-refractivity contribution in [2.75, 3.05) is 5.73 Å². The molecule has 2 aromatic rings. The lowest BCUT2D eigenvalue weighted by Crippen LogP contribution is -2.04.